The Labute approximate surface area is 156 Å². The second-order valence-electron chi connectivity index (χ2n) is 6.49. The van der Waals surface area contributed by atoms with E-state index >= 15 is 0 Å². The topological polar surface area (TPSA) is 109 Å². The molecule has 7 nitrogen and oxygen atoms in total. The quantitative estimate of drug-likeness (QED) is 0.562. The largest absolute Gasteiger partial charge is 0.459 e. The Morgan fingerprint density at radius 2 is 1.89 bits per heavy atom. The van der Waals surface area contributed by atoms with E-state index < -0.39 is 5.54 Å². The van der Waals surface area contributed by atoms with Crippen LogP contribution in [0.25, 0.3) is 22.9 Å². The van der Waals surface area contributed by atoms with Crippen LogP contribution in [-0.4, -0.2) is 39.9 Å². The van der Waals surface area contributed by atoms with Crippen LogP contribution in [0.5, 0.6) is 0 Å². The number of amides is 1. The number of aliphatic hydroxyl groups is 2. The summed E-state index contributed by atoms with van der Waals surface area (Å²) in [5.41, 5.74) is 1.60. The van der Waals surface area contributed by atoms with Crippen LogP contribution in [0, 0.1) is 0 Å². The lowest BCUT2D eigenvalue weighted by Gasteiger charge is -2.30. The van der Waals surface area contributed by atoms with Crippen molar-refractivity contribution < 1.29 is 23.8 Å². The molecular weight excluding hydrogens is 348 g/mol. The molecule has 3 aromatic rings. The molecule has 0 spiro atoms. The Hall–Kier alpha value is -2.90. The van der Waals surface area contributed by atoms with Gasteiger partial charge in [0, 0.05) is 12.5 Å². The van der Waals surface area contributed by atoms with E-state index in [2.05, 4.69) is 10.3 Å². The van der Waals surface area contributed by atoms with Gasteiger partial charge in [-0.15, -0.1) is 0 Å². The highest BCUT2D eigenvalue weighted by Gasteiger charge is 2.29. The number of aliphatic hydroxyl groups excluding tert-OH is 2. The minimum atomic E-state index is -1.02. The molecule has 3 rings (SSSR count). The fourth-order valence-electron chi connectivity index (χ4n) is 2.87. The lowest BCUT2D eigenvalue weighted by Crippen LogP contribution is -2.53. The lowest BCUT2D eigenvalue weighted by molar-refractivity contribution is -0.122. The molecule has 0 unspecified atom stereocenters. The Kier molecular flexibility index (Phi) is 5.73. The van der Waals surface area contributed by atoms with Crippen LogP contribution in [0.15, 0.2) is 57.8 Å². The SMILES string of the molecule is CC(=O)NC(CO)(CO)CCc1ccc(-c2coc(-c3ccco3)n2)cc1. The van der Waals surface area contributed by atoms with Gasteiger partial charge in [0.15, 0.2) is 5.76 Å². The molecule has 0 atom stereocenters. The highest BCUT2D eigenvalue weighted by molar-refractivity contribution is 5.73. The number of furan rings is 1. The predicted octanol–water partition coefficient (Wildman–Crippen LogP) is 2.39. The molecular formula is C20H22N2O5. The van der Waals surface area contributed by atoms with Crippen LogP contribution in [0.3, 0.4) is 0 Å². The fraction of sp³-hybridized carbons (Fsp3) is 0.300. The zero-order valence-electron chi connectivity index (χ0n) is 15.0. The van der Waals surface area contributed by atoms with Crippen molar-refractivity contribution in [3.05, 3.63) is 54.5 Å². The third-order valence-electron chi connectivity index (χ3n) is 4.42. The van der Waals surface area contributed by atoms with Crippen molar-refractivity contribution in [3.8, 4) is 22.9 Å². The third kappa shape index (κ3) is 4.45. The Balaban J connectivity index is 1.67. The summed E-state index contributed by atoms with van der Waals surface area (Å²) in [6.45, 7) is 0.717. The van der Waals surface area contributed by atoms with E-state index in [0.29, 0.717) is 30.2 Å². The third-order valence-corrected chi connectivity index (χ3v) is 4.42. The normalized spacial score (nSPS) is 11.5. The summed E-state index contributed by atoms with van der Waals surface area (Å²) in [6, 6.07) is 11.3. The second kappa shape index (κ2) is 8.20. The van der Waals surface area contributed by atoms with Crippen LogP contribution >= 0.6 is 0 Å². The van der Waals surface area contributed by atoms with E-state index in [4.69, 9.17) is 8.83 Å². The van der Waals surface area contributed by atoms with Crippen LogP contribution in [0.1, 0.15) is 18.9 Å². The van der Waals surface area contributed by atoms with E-state index in [1.165, 1.54) is 6.92 Å². The maximum atomic E-state index is 11.3. The predicted molar refractivity (Wildman–Crippen MR) is 98.7 cm³/mol. The number of carbonyl (C=O) groups is 1. The van der Waals surface area contributed by atoms with Gasteiger partial charge in [-0.2, -0.15) is 0 Å². The number of benzene rings is 1. The highest BCUT2D eigenvalue weighted by Crippen LogP contribution is 2.25. The number of hydrogen-bond acceptors (Lipinski definition) is 6. The molecule has 0 saturated heterocycles. The molecule has 7 heteroatoms. The smallest absolute Gasteiger partial charge is 0.263 e. The first-order valence-corrected chi connectivity index (χ1v) is 8.64. The van der Waals surface area contributed by atoms with Crippen LogP contribution in [0.4, 0.5) is 0 Å². The van der Waals surface area contributed by atoms with Gasteiger partial charge in [-0.1, -0.05) is 24.3 Å². The van der Waals surface area contributed by atoms with Gasteiger partial charge in [0.1, 0.15) is 12.0 Å². The van der Waals surface area contributed by atoms with Gasteiger partial charge in [-0.25, -0.2) is 4.98 Å². The number of aryl methyl sites for hydroxylation is 1. The van der Waals surface area contributed by atoms with E-state index in [0.717, 1.165) is 11.1 Å². The number of rotatable bonds is 8. The van der Waals surface area contributed by atoms with Gasteiger partial charge in [0.2, 0.25) is 5.91 Å². The average molecular weight is 370 g/mol. The van der Waals surface area contributed by atoms with Crippen LogP contribution in [0.2, 0.25) is 0 Å². The Morgan fingerprint density at radius 1 is 1.15 bits per heavy atom. The molecule has 0 bridgehead atoms. The minimum absolute atomic E-state index is 0.285. The maximum absolute atomic E-state index is 11.3. The van der Waals surface area contributed by atoms with Gasteiger partial charge in [0.25, 0.3) is 5.89 Å². The van der Waals surface area contributed by atoms with Crippen molar-refractivity contribution >= 4 is 5.91 Å². The summed E-state index contributed by atoms with van der Waals surface area (Å²) in [7, 11) is 0. The number of oxazole rings is 1. The summed E-state index contributed by atoms with van der Waals surface area (Å²) in [4.78, 5) is 15.7. The molecule has 142 valence electrons. The minimum Gasteiger partial charge on any atom is -0.459 e. The molecule has 0 fully saturated rings. The van der Waals surface area contributed by atoms with Crippen LogP contribution in [-0.2, 0) is 11.2 Å². The van der Waals surface area contributed by atoms with E-state index in [9.17, 15) is 15.0 Å². The molecule has 0 aliphatic rings. The summed E-state index contributed by atoms with van der Waals surface area (Å²) in [5.74, 6) is 0.706. The number of nitrogens with zero attached hydrogens (tertiary/aromatic N) is 1. The highest BCUT2D eigenvalue weighted by atomic mass is 16.4. The zero-order chi connectivity index (χ0) is 19.3. The van der Waals surface area contributed by atoms with Gasteiger partial charge in [0.05, 0.1) is 25.0 Å². The molecule has 1 amide bonds. The molecule has 0 saturated carbocycles. The first kappa shape index (κ1) is 18.9. The first-order chi connectivity index (χ1) is 13.0. The average Bonchev–Trinajstić information content (AvgIpc) is 3.37. The standard InChI is InChI=1S/C20H22N2O5/c1-14(25)22-20(12-23,13-24)9-8-15-4-6-16(7-5-15)17-11-27-19(21-17)18-3-2-10-26-18/h2-7,10-11,23-24H,8-9,12-13H2,1H3,(H,22,25). The summed E-state index contributed by atoms with van der Waals surface area (Å²) in [5, 5.41) is 21.8. The summed E-state index contributed by atoms with van der Waals surface area (Å²) < 4.78 is 10.7. The van der Waals surface area contributed by atoms with E-state index in [1.807, 2.05) is 24.3 Å². The zero-order valence-corrected chi connectivity index (χ0v) is 15.0. The Morgan fingerprint density at radius 3 is 2.48 bits per heavy atom. The van der Waals surface area contributed by atoms with Crippen molar-refractivity contribution in [2.45, 2.75) is 25.3 Å². The lowest BCUT2D eigenvalue weighted by atomic mass is 9.92. The molecule has 0 aliphatic heterocycles. The molecule has 2 aromatic heterocycles. The van der Waals surface area contributed by atoms with Gasteiger partial charge >= 0.3 is 0 Å². The van der Waals surface area contributed by atoms with Crippen molar-refractivity contribution in [1.29, 1.82) is 0 Å². The Bertz CT molecular complexity index is 864. The maximum Gasteiger partial charge on any atom is 0.263 e. The molecule has 0 aliphatic carbocycles. The number of carbonyl (C=O) groups excluding carboxylic acids is 1. The van der Waals surface area contributed by atoms with E-state index in [-0.39, 0.29) is 19.1 Å². The van der Waals surface area contributed by atoms with Crippen molar-refractivity contribution in [2.75, 3.05) is 13.2 Å². The van der Waals surface area contributed by atoms with Gasteiger partial charge in [-0.3, -0.25) is 4.79 Å². The molecule has 1 aromatic carbocycles. The van der Waals surface area contributed by atoms with Gasteiger partial charge < -0.3 is 24.4 Å². The van der Waals surface area contributed by atoms with Crippen molar-refractivity contribution in [1.82, 2.24) is 10.3 Å². The first-order valence-electron chi connectivity index (χ1n) is 8.64. The second-order valence-corrected chi connectivity index (χ2v) is 6.49. The number of nitrogens with one attached hydrogen (secondary N) is 1. The van der Waals surface area contributed by atoms with Gasteiger partial charge in [-0.05, 0) is 30.5 Å². The molecule has 3 N–H and O–H groups in total. The van der Waals surface area contributed by atoms with E-state index in [1.54, 1.807) is 24.7 Å². The van der Waals surface area contributed by atoms with Crippen molar-refractivity contribution in [2.24, 2.45) is 0 Å². The van der Waals surface area contributed by atoms with Crippen molar-refractivity contribution in [3.63, 3.8) is 0 Å². The molecule has 27 heavy (non-hydrogen) atoms. The van der Waals surface area contributed by atoms with Crippen LogP contribution < -0.4 is 5.32 Å². The molecule has 0 radical (unpaired) electrons. The monoisotopic (exact) mass is 370 g/mol. The summed E-state index contributed by atoms with van der Waals surface area (Å²) >= 11 is 0. The fourth-order valence-corrected chi connectivity index (χ4v) is 2.87. The number of aromatic nitrogens is 1. The molecule has 2 heterocycles. The summed E-state index contributed by atoms with van der Waals surface area (Å²) in [6.07, 6.45) is 4.16. The number of hydrogen-bond donors (Lipinski definition) is 3.